The molecule has 0 atom stereocenters. The minimum Gasteiger partial charge on any atom is -0.487 e. The first kappa shape index (κ1) is 15.5. The van der Waals surface area contributed by atoms with Crippen LogP contribution in [0.15, 0.2) is 60.7 Å². The fourth-order valence-electron chi connectivity index (χ4n) is 2.60. The number of hydrogen-bond donors (Lipinski definition) is 2. The van der Waals surface area contributed by atoms with Crippen LogP contribution in [-0.4, -0.2) is 15.0 Å². The number of nitrogen functional groups attached to an aromatic ring is 1. The maximum Gasteiger partial charge on any atom is 0.163 e. The number of nitrogens with one attached hydrogen (secondary N) is 1. The van der Waals surface area contributed by atoms with Gasteiger partial charge >= 0.3 is 0 Å². The molecule has 0 unspecified atom stereocenters. The third-order valence-corrected chi connectivity index (χ3v) is 4.03. The molecule has 0 spiro atoms. The number of anilines is 1. The maximum atomic E-state index is 6.11. The van der Waals surface area contributed by atoms with Gasteiger partial charge in [0.25, 0.3) is 0 Å². The Labute approximate surface area is 149 Å². The number of nitrogens with two attached hydrogens (primary N) is 1. The van der Waals surface area contributed by atoms with Crippen molar-refractivity contribution in [1.82, 2.24) is 15.0 Å². The summed E-state index contributed by atoms with van der Waals surface area (Å²) in [7, 11) is 0. The minimum atomic E-state index is 0.358. The topological polar surface area (TPSA) is 76.8 Å². The molecule has 0 saturated carbocycles. The Morgan fingerprint density at radius 1 is 1.00 bits per heavy atom. The molecule has 2 heterocycles. The van der Waals surface area contributed by atoms with Gasteiger partial charge in [0.2, 0.25) is 0 Å². The highest BCUT2D eigenvalue weighted by molar-refractivity contribution is 6.30. The van der Waals surface area contributed by atoms with Crippen LogP contribution in [0.2, 0.25) is 5.02 Å². The van der Waals surface area contributed by atoms with E-state index in [1.165, 1.54) is 0 Å². The van der Waals surface area contributed by atoms with E-state index >= 15 is 0 Å². The molecule has 0 saturated heterocycles. The van der Waals surface area contributed by atoms with Gasteiger partial charge < -0.3 is 15.5 Å². The lowest BCUT2D eigenvalue weighted by Gasteiger charge is -2.04. The van der Waals surface area contributed by atoms with Crippen LogP contribution < -0.4 is 10.5 Å². The van der Waals surface area contributed by atoms with Gasteiger partial charge in [-0.2, -0.15) is 0 Å². The first-order valence-corrected chi connectivity index (χ1v) is 8.16. The Hall–Kier alpha value is -3.05. The zero-order valence-corrected chi connectivity index (χ0v) is 14.0. The van der Waals surface area contributed by atoms with Crippen molar-refractivity contribution < 1.29 is 4.74 Å². The van der Waals surface area contributed by atoms with E-state index in [1.807, 2.05) is 48.5 Å². The lowest BCUT2D eigenvalue weighted by atomic mass is 10.2. The maximum absolute atomic E-state index is 6.11. The molecule has 2 aromatic carbocycles. The van der Waals surface area contributed by atoms with Crippen molar-refractivity contribution >= 4 is 28.5 Å². The second-order valence-corrected chi connectivity index (χ2v) is 6.04. The van der Waals surface area contributed by atoms with E-state index in [1.54, 1.807) is 12.1 Å². The SMILES string of the molecule is Nc1nc(-c2ccccc2)nc2[nH]c(COc3cccc(Cl)c3)cc12. The first-order valence-electron chi connectivity index (χ1n) is 7.78. The molecule has 0 aliphatic carbocycles. The van der Waals surface area contributed by atoms with Crippen molar-refractivity contribution in [2.45, 2.75) is 6.61 Å². The van der Waals surface area contributed by atoms with Crippen LogP contribution in [0.3, 0.4) is 0 Å². The number of nitrogens with zero attached hydrogens (tertiary/aromatic N) is 2. The molecule has 124 valence electrons. The van der Waals surface area contributed by atoms with Gasteiger partial charge in [0.05, 0.1) is 11.1 Å². The summed E-state index contributed by atoms with van der Waals surface area (Å²) in [6.07, 6.45) is 0. The highest BCUT2D eigenvalue weighted by Gasteiger charge is 2.11. The number of rotatable bonds is 4. The van der Waals surface area contributed by atoms with E-state index in [9.17, 15) is 0 Å². The summed E-state index contributed by atoms with van der Waals surface area (Å²) in [5.74, 6) is 1.74. The average molecular weight is 351 g/mol. The van der Waals surface area contributed by atoms with Gasteiger partial charge in [0.1, 0.15) is 23.8 Å². The molecule has 0 aliphatic rings. The summed E-state index contributed by atoms with van der Waals surface area (Å²) in [4.78, 5) is 12.2. The molecule has 4 rings (SSSR count). The van der Waals surface area contributed by atoms with E-state index in [-0.39, 0.29) is 0 Å². The second-order valence-electron chi connectivity index (χ2n) is 5.60. The molecule has 0 fully saturated rings. The zero-order valence-electron chi connectivity index (χ0n) is 13.2. The van der Waals surface area contributed by atoms with Crippen molar-refractivity contribution in [3.63, 3.8) is 0 Å². The monoisotopic (exact) mass is 350 g/mol. The van der Waals surface area contributed by atoms with Crippen LogP contribution in [0, 0.1) is 0 Å². The molecule has 3 N–H and O–H groups in total. The molecule has 0 radical (unpaired) electrons. The van der Waals surface area contributed by atoms with Crippen molar-refractivity contribution in [3.05, 3.63) is 71.4 Å². The first-order chi connectivity index (χ1) is 12.2. The fraction of sp³-hybridized carbons (Fsp3) is 0.0526. The van der Waals surface area contributed by atoms with Gasteiger partial charge in [-0.15, -0.1) is 0 Å². The zero-order chi connectivity index (χ0) is 17.2. The predicted octanol–water partition coefficient (Wildman–Crippen LogP) is 4.44. The van der Waals surface area contributed by atoms with Gasteiger partial charge in [0.15, 0.2) is 5.82 Å². The molecule has 25 heavy (non-hydrogen) atoms. The van der Waals surface area contributed by atoms with Gasteiger partial charge in [-0.25, -0.2) is 9.97 Å². The van der Waals surface area contributed by atoms with Gasteiger partial charge in [-0.3, -0.25) is 0 Å². The average Bonchev–Trinajstić information content (AvgIpc) is 3.04. The molecule has 2 aromatic heterocycles. The number of aromatic amines is 1. The Balaban J connectivity index is 1.62. The molecule has 6 heteroatoms. The smallest absolute Gasteiger partial charge is 0.163 e. The third-order valence-electron chi connectivity index (χ3n) is 3.80. The molecule has 5 nitrogen and oxygen atoms in total. The van der Waals surface area contributed by atoms with E-state index in [0.29, 0.717) is 34.7 Å². The number of benzene rings is 2. The summed E-state index contributed by atoms with van der Waals surface area (Å²) < 4.78 is 5.75. The Morgan fingerprint density at radius 3 is 2.64 bits per heavy atom. The van der Waals surface area contributed by atoms with Crippen molar-refractivity contribution in [2.75, 3.05) is 5.73 Å². The van der Waals surface area contributed by atoms with Crippen molar-refractivity contribution in [1.29, 1.82) is 0 Å². The van der Waals surface area contributed by atoms with Crippen LogP contribution in [0.5, 0.6) is 5.75 Å². The molecule has 0 bridgehead atoms. The minimum absolute atomic E-state index is 0.358. The molecular weight excluding hydrogens is 336 g/mol. The number of ether oxygens (including phenoxy) is 1. The van der Waals surface area contributed by atoms with Crippen molar-refractivity contribution in [2.24, 2.45) is 0 Å². The fourth-order valence-corrected chi connectivity index (χ4v) is 2.78. The van der Waals surface area contributed by atoms with Gasteiger partial charge in [0, 0.05) is 10.6 Å². The third kappa shape index (κ3) is 3.27. The van der Waals surface area contributed by atoms with Crippen LogP contribution >= 0.6 is 11.6 Å². The number of hydrogen-bond acceptors (Lipinski definition) is 4. The summed E-state index contributed by atoms with van der Waals surface area (Å²) in [5.41, 5.74) is 8.58. The van der Waals surface area contributed by atoms with E-state index in [2.05, 4.69) is 15.0 Å². The highest BCUT2D eigenvalue weighted by atomic mass is 35.5. The summed E-state index contributed by atoms with van der Waals surface area (Å²) in [5, 5.41) is 1.42. The summed E-state index contributed by atoms with van der Waals surface area (Å²) in [6.45, 7) is 0.358. The lowest BCUT2D eigenvalue weighted by Crippen LogP contribution is -1.96. The number of fused-ring (bicyclic) bond motifs is 1. The molecular formula is C19H15ClN4O. The van der Waals surface area contributed by atoms with Crippen molar-refractivity contribution in [3.8, 4) is 17.1 Å². The van der Waals surface area contributed by atoms with Crippen LogP contribution in [0.4, 0.5) is 5.82 Å². The van der Waals surface area contributed by atoms with Gasteiger partial charge in [-0.05, 0) is 24.3 Å². The Morgan fingerprint density at radius 2 is 1.84 bits per heavy atom. The Bertz CT molecular complexity index is 1030. The van der Waals surface area contributed by atoms with E-state index in [0.717, 1.165) is 16.6 Å². The summed E-state index contributed by atoms with van der Waals surface area (Å²) >= 11 is 5.96. The predicted molar refractivity (Wildman–Crippen MR) is 99.5 cm³/mol. The lowest BCUT2D eigenvalue weighted by molar-refractivity contribution is 0.302. The standard InChI is InChI=1S/C19H15ClN4O/c20-13-7-4-8-15(9-13)25-11-14-10-16-17(21)23-18(24-19(16)22-14)12-5-2-1-3-6-12/h1-10H,11H2,(H3,21,22,23,24). The van der Waals surface area contributed by atoms with Crippen LogP contribution in [0.1, 0.15) is 5.69 Å². The number of halogens is 1. The largest absolute Gasteiger partial charge is 0.487 e. The second kappa shape index (κ2) is 6.45. The quantitative estimate of drug-likeness (QED) is 0.570. The number of aromatic nitrogens is 3. The van der Waals surface area contributed by atoms with Crippen LogP contribution in [0.25, 0.3) is 22.4 Å². The molecule has 4 aromatic rings. The van der Waals surface area contributed by atoms with E-state index in [4.69, 9.17) is 22.1 Å². The number of H-pyrrole nitrogens is 1. The Kier molecular flexibility index (Phi) is 3.99. The highest BCUT2D eigenvalue weighted by Crippen LogP contribution is 2.24. The van der Waals surface area contributed by atoms with E-state index < -0.39 is 0 Å². The molecule has 0 aliphatic heterocycles. The van der Waals surface area contributed by atoms with Crippen LogP contribution in [-0.2, 0) is 6.61 Å². The molecule has 0 amide bonds. The normalized spacial score (nSPS) is 10.9. The summed E-state index contributed by atoms with van der Waals surface area (Å²) in [6, 6.07) is 18.9. The van der Waals surface area contributed by atoms with Gasteiger partial charge in [-0.1, -0.05) is 48.0 Å².